The molecule has 0 fully saturated rings. The molecule has 0 saturated heterocycles. The van der Waals surface area contributed by atoms with Crippen molar-refractivity contribution in [3.05, 3.63) is 42.0 Å². The average Bonchev–Trinajstić information content (AvgIpc) is 2.44. The van der Waals surface area contributed by atoms with E-state index < -0.39 is 10.1 Å². The molecule has 0 unspecified atom stereocenters. The second kappa shape index (κ2) is 8.93. The summed E-state index contributed by atoms with van der Waals surface area (Å²) < 4.78 is 31.5. The maximum atomic E-state index is 11.5. The van der Waals surface area contributed by atoms with Gasteiger partial charge in [-0.3, -0.25) is 4.48 Å². The second-order valence-electron chi connectivity index (χ2n) is 5.90. The fourth-order valence-corrected chi connectivity index (χ4v) is 2.28. The van der Waals surface area contributed by atoms with E-state index in [1.165, 1.54) is 12.1 Å². The fourth-order valence-electron chi connectivity index (χ4n) is 1.81. The van der Waals surface area contributed by atoms with Crippen LogP contribution in [0.2, 0.25) is 0 Å². The van der Waals surface area contributed by atoms with Crippen LogP contribution < -0.4 is 5.73 Å². The fraction of sp³-hybridized carbons (Fsp3) is 0.438. The van der Waals surface area contributed by atoms with E-state index in [0.717, 1.165) is 18.5 Å². The van der Waals surface area contributed by atoms with Crippen molar-refractivity contribution in [2.24, 2.45) is 5.73 Å². The Balaban J connectivity index is 0.000000422. The summed E-state index contributed by atoms with van der Waals surface area (Å²) in [6.07, 6.45) is 0.867. The molecule has 0 bridgehead atoms. The highest BCUT2D eigenvalue weighted by atomic mass is 32.2. The molecule has 1 rings (SSSR count). The van der Waals surface area contributed by atoms with E-state index >= 15 is 0 Å². The third kappa shape index (κ3) is 8.03. The highest BCUT2D eigenvalue weighted by Gasteiger charge is 2.25. The topological polar surface area (TPSA) is 100 Å². The van der Waals surface area contributed by atoms with Crippen molar-refractivity contribution in [2.75, 3.05) is 27.2 Å². The van der Waals surface area contributed by atoms with Gasteiger partial charge in [0.05, 0.1) is 25.5 Å². The smallest absolute Gasteiger partial charge is 0.340 e. The minimum atomic E-state index is -4.27. The average molecular weight is 342 g/mol. The van der Waals surface area contributed by atoms with E-state index in [4.69, 9.17) is 5.73 Å². The van der Waals surface area contributed by atoms with Crippen molar-refractivity contribution >= 4 is 16.0 Å². The van der Waals surface area contributed by atoms with E-state index in [-0.39, 0.29) is 10.8 Å². The van der Waals surface area contributed by atoms with Gasteiger partial charge in [-0.2, -0.15) is 0 Å². The van der Waals surface area contributed by atoms with E-state index in [1.807, 2.05) is 21.0 Å². The van der Waals surface area contributed by atoms with Crippen LogP contribution in [0.15, 0.2) is 41.3 Å². The molecule has 0 aliphatic carbocycles. The van der Waals surface area contributed by atoms with Crippen LogP contribution in [0.25, 0.3) is 0 Å². The molecule has 0 aliphatic heterocycles. The lowest BCUT2D eigenvalue weighted by Gasteiger charge is -2.26. The van der Waals surface area contributed by atoms with Crippen molar-refractivity contribution in [1.29, 1.82) is 0 Å². The summed E-state index contributed by atoms with van der Waals surface area (Å²) in [5.74, 6) is 0.0865. The van der Waals surface area contributed by atoms with Crippen LogP contribution in [0.3, 0.4) is 0 Å². The molecule has 0 radical (unpaired) electrons. The standard InChI is InChI=1S/C9H19N2O.C7H8O3S/c1-8(2)9(12)11(3,4)7-5-6-10;1-6-2-4-7(5-3-6)11(8,9)10/h1,5-7,10H2,2-4H3;2-5H,1H3,(H,8,9,10)/q+1;/p-1. The summed E-state index contributed by atoms with van der Waals surface area (Å²) in [6, 6.07) is 5.78. The Morgan fingerprint density at radius 1 is 1.26 bits per heavy atom. The minimum Gasteiger partial charge on any atom is -0.744 e. The van der Waals surface area contributed by atoms with Crippen LogP contribution in [-0.4, -0.2) is 50.5 Å². The van der Waals surface area contributed by atoms with Gasteiger partial charge in [0, 0.05) is 12.0 Å². The van der Waals surface area contributed by atoms with Crippen LogP contribution in [-0.2, 0) is 14.9 Å². The molecule has 1 aromatic carbocycles. The number of nitrogens with zero attached hydrogens (tertiary/aromatic N) is 1. The lowest BCUT2D eigenvalue weighted by molar-refractivity contribution is -0.811. The Labute approximate surface area is 138 Å². The van der Waals surface area contributed by atoms with Gasteiger partial charge in [0.25, 0.3) is 0 Å². The molecular formula is C16H26N2O4S. The predicted octanol–water partition coefficient (Wildman–Crippen LogP) is 1.41. The third-order valence-corrected chi connectivity index (χ3v) is 4.00. The van der Waals surface area contributed by atoms with Crippen LogP contribution in [0.4, 0.5) is 0 Å². The first-order valence-electron chi connectivity index (χ1n) is 7.18. The number of aryl methyl sites for hydroxylation is 1. The van der Waals surface area contributed by atoms with E-state index in [9.17, 15) is 17.8 Å². The normalized spacial score (nSPS) is 11.4. The van der Waals surface area contributed by atoms with Crippen molar-refractivity contribution in [3.8, 4) is 0 Å². The Hall–Kier alpha value is -1.54. The highest BCUT2D eigenvalue weighted by molar-refractivity contribution is 7.85. The number of quaternary nitrogens is 1. The Morgan fingerprint density at radius 2 is 1.74 bits per heavy atom. The Kier molecular flexibility index (Phi) is 8.33. The molecular weight excluding hydrogens is 316 g/mol. The molecule has 6 nitrogen and oxygen atoms in total. The van der Waals surface area contributed by atoms with Gasteiger partial charge in [-0.15, -0.1) is 0 Å². The number of benzene rings is 1. The number of hydrogen-bond donors (Lipinski definition) is 1. The first kappa shape index (κ1) is 21.5. The van der Waals surface area contributed by atoms with Crippen LogP contribution >= 0.6 is 0 Å². The number of hydrogen-bond acceptors (Lipinski definition) is 5. The number of rotatable bonds is 5. The second-order valence-corrected chi connectivity index (χ2v) is 7.28. The summed E-state index contributed by atoms with van der Waals surface area (Å²) in [6.45, 7) is 8.60. The maximum absolute atomic E-state index is 11.5. The monoisotopic (exact) mass is 342 g/mol. The SMILES string of the molecule is C=C(C)C(=O)[N+](C)(C)CCCN.Cc1ccc(S(=O)(=O)[O-])cc1. The molecule has 0 aliphatic rings. The molecule has 130 valence electrons. The van der Waals surface area contributed by atoms with Crippen LogP contribution in [0, 0.1) is 6.92 Å². The van der Waals surface area contributed by atoms with Crippen LogP contribution in [0.1, 0.15) is 18.9 Å². The lowest BCUT2D eigenvalue weighted by Crippen LogP contribution is -2.47. The molecule has 0 aromatic heterocycles. The van der Waals surface area contributed by atoms with Gasteiger partial charge < -0.3 is 10.3 Å². The van der Waals surface area contributed by atoms with Gasteiger partial charge >= 0.3 is 5.91 Å². The Bertz CT molecular complexity index is 635. The molecule has 2 N–H and O–H groups in total. The summed E-state index contributed by atoms with van der Waals surface area (Å²) in [5, 5.41) is 0. The molecule has 7 heteroatoms. The molecule has 1 amide bonds. The molecule has 0 spiro atoms. The number of amides is 1. The summed E-state index contributed by atoms with van der Waals surface area (Å²) in [5.41, 5.74) is 6.90. The summed E-state index contributed by atoms with van der Waals surface area (Å²) >= 11 is 0. The highest BCUT2D eigenvalue weighted by Crippen LogP contribution is 2.08. The maximum Gasteiger partial charge on any atom is 0.340 e. The minimum absolute atomic E-state index is 0.0865. The van der Waals surface area contributed by atoms with E-state index in [1.54, 1.807) is 19.1 Å². The number of carbonyl (C=O) groups excluding carboxylic acids is 1. The van der Waals surface area contributed by atoms with Gasteiger partial charge in [0.2, 0.25) is 0 Å². The number of carbonyl (C=O) groups is 1. The molecule has 23 heavy (non-hydrogen) atoms. The quantitative estimate of drug-likeness (QED) is 0.495. The lowest BCUT2D eigenvalue weighted by atomic mass is 10.2. The third-order valence-electron chi connectivity index (χ3n) is 3.15. The first-order chi connectivity index (χ1) is 10.4. The summed E-state index contributed by atoms with van der Waals surface area (Å²) in [7, 11) is -0.506. The van der Waals surface area contributed by atoms with E-state index in [0.29, 0.717) is 16.6 Å². The zero-order chi connectivity index (χ0) is 18.3. The van der Waals surface area contributed by atoms with Crippen molar-refractivity contribution < 1.29 is 22.2 Å². The summed E-state index contributed by atoms with van der Waals surface area (Å²) in [4.78, 5) is 11.3. The predicted molar refractivity (Wildman–Crippen MR) is 89.6 cm³/mol. The largest absolute Gasteiger partial charge is 0.744 e. The number of likely N-dealkylation sites (N-methyl/N-ethyl adjacent to an activating group) is 1. The molecule has 0 atom stereocenters. The van der Waals surface area contributed by atoms with Gasteiger partial charge in [-0.25, -0.2) is 13.2 Å². The van der Waals surface area contributed by atoms with Crippen molar-refractivity contribution in [3.63, 3.8) is 0 Å². The van der Waals surface area contributed by atoms with Gasteiger partial charge in [0.15, 0.2) is 0 Å². The van der Waals surface area contributed by atoms with Crippen molar-refractivity contribution in [1.82, 2.24) is 0 Å². The zero-order valence-electron chi connectivity index (χ0n) is 14.2. The molecule has 0 saturated carbocycles. The van der Waals surface area contributed by atoms with Gasteiger partial charge in [-0.05, 0) is 32.5 Å². The zero-order valence-corrected chi connectivity index (χ0v) is 15.0. The van der Waals surface area contributed by atoms with E-state index in [2.05, 4.69) is 6.58 Å². The van der Waals surface area contributed by atoms with Gasteiger partial charge in [0.1, 0.15) is 10.1 Å². The van der Waals surface area contributed by atoms with Gasteiger partial charge in [-0.1, -0.05) is 24.3 Å². The van der Waals surface area contributed by atoms with Crippen molar-refractivity contribution in [2.45, 2.75) is 25.2 Å². The first-order valence-corrected chi connectivity index (χ1v) is 8.58. The Morgan fingerprint density at radius 3 is 2.09 bits per heavy atom. The molecule has 0 heterocycles. The van der Waals surface area contributed by atoms with Crippen LogP contribution in [0.5, 0.6) is 0 Å². The number of nitrogens with two attached hydrogens (primary N) is 1. The molecule has 1 aromatic rings.